The highest BCUT2D eigenvalue weighted by Crippen LogP contribution is 2.31. The number of benzene rings is 1. The van der Waals surface area contributed by atoms with Gasteiger partial charge in [0.05, 0.1) is 13.0 Å². The van der Waals surface area contributed by atoms with Crippen molar-refractivity contribution in [3.63, 3.8) is 0 Å². The van der Waals surface area contributed by atoms with Crippen molar-refractivity contribution >= 4 is 5.91 Å². The molecule has 0 aromatic heterocycles. The van der Waals surface area contributed by atoms with Gasteiger partial charge in [-0.15, -0.1) is 6.42 Å². The Morgan fingerprint density at radius 3 is 3.05 bits per heavy atom. The van der Waals surface area contributed by atoms with E-state index in [4.69, 9.17) is 6.42 Å². The van der Waals surface area contributed by atoms with Crippen LogP contribution in [0.4, 0.5) is 0 Å². The molecule has 1 aliphatic rings. The quantitative estimate of drug-likeness (QED) is 0.829. The first-order valence-corrected chi connectivity index (χ1v) is 7.18. The fraction of sp³-hybridized carbons (Fsp3) is 0.471. The molecule has 0 bridgehead atoms. The van der Waals surface area contributed by atoms with Gasteiger partial charge in [0.1, 0.15) is 0 Å². The van der Waals surface area contributed by atoms with E-state index in [2.05, 4.69) is 29.4 Å². The fourth-order valence-corrected chi connectivity index (χ4v) is 2.64. The van der Waals surface area contributed by atoms with Gasteiger partial charge in [0.25, 0.3) is 0 Å². The average molecular weight is 270 g/mol. The van der Waals surface area contributed by atoms with Crippen LogP contribution in [0.2, 0.25) is 0 Å². The number of amides is 1. The molecule has 20 heavy (non-hydrogen) atoms. The van der Waals surface area contributed by atoms with Gasteiger partial charge in [-0.3, -0.25) is 10.1 Å². The Morgan fingerprint density at radius 2 is 2.35 bits per heavy atom. The smallest absolute Gasteiger partial charge is 0.226 e. The predicted molar refractivity (Wildman–Crippen MR) is 81.4 cm³/mol. The number of hydrogen-bond donors (Lipinski definition) is 1. The lowest BCUT2D eigenvalue weighted by Crippen LogP contribution is -2.27. The Hall–Kier alpha value is -1.79. The summed E-state index contributed by atoms with van der Waals surface area (Å²) in [5, 5.41) is 3.37. The molecule has 1 amide bonds. The van der Waals surface area contributed by atoms with Crippen molar-refractivity contribution in [3.05, 3.63) is 34.9 Å². The highest BCUT2D eigenvalue weighted by Gasteiger charge is 2.22. The number of likely N-dealkylation sites (N-methyl/N-ethyl adjacent to an activating group) is 1. The first-order chi connectivity index (χ1) is 9.65. The van der Waals surface area contributed by atoms with Crippen LogP contribution in [0.3, 0.4) is 0 Å². The molecule has 0 aliphatic heterocycles. The van der Waals surface area contributed by atoms with Gasteiger partial charge in [-0.25, -0.2) is 0 Å². The van der Waals surface area contributed by atoms with Gasteiger partial charge in [-0.05, 0) is 36.5 Å². The van der Waals surface area contributed by atoms with Crippen LogP contribution in [-0.4, -0.2) is 30.9 Å². The molecule has 0 unspecified atom stereocenters. The van der Waals surface area contributed by atoms with Crippen molar-refractivity contribution in [2.75, 3.05) is 20.1 Å². The van der Waals surface area contributed by atoms with Gasteiger partial charge in [0, 0.05) is 19.6 Å². The second-order valence-corrected chi connectivity index (χ2v) is 5.29. The topological polar surface area (TPSA) is 32.3 Å². The maximum absolute atomic E-state index is 12.0. The zero-order valence-electron chi connectivity index (χ0n) is 12.3. The molecule has 1 aromatic carbocycles. The largest absolute Gasteiger partial charge is 0.346 e. The van der Waals surface area contributed by atoms with Crippen molar-refractivity contribution in [3.8, 4) is 12.3 Å². The van der Waals surface area contributed by atoms with E-state index in [1.165, 1.54) is 11.1 Å². The number of aryl methyl sites for hydroxylation is 1. The highest BCUT2D eigenvalue weighted by molar-refractivity contribution is 5.78. The van der Waals surface area contributed by atoms with Gasteiger partial charge in [-0.2, -0.15) is 0 Å². The zero-order chi connectivity index (χ0) is 14.5. The number of carbonyl (C=O) groups excluding carboxylic acids is 1. The summed E-state index contributed by atoms with van der Waals surface area (Å²) in [6.07, 6.45) is 7.95. The minimum absolute atomic E-state index is 0.165. The first kappa shape index (κ1) is 14.6. The lowest BCUT2D eigenvalue weighted by atomic mass is 10.0. The lowest BCUT2D eigenvalue weighted by Gasteiger charge is -2.16. The SMILES string of the molecule is C#CCN[C@@H]1CCc2ccc(CC(=O)N(C)CC)cc21. The number of hydrogen-bond acceptors (Lipinski definition) is 2. The Balaban J connectivity index is 2.11. The lowest BCUT2D eigenvalue weighted by molar-refractivity contribution is -0.128. The number of rotatable bonds is 5. The third-order valence-corrected chi connectivity index (χ3v) is 3.99. The number of nitrogens with one attached hydrogen (secondary N) is 1. The van der Waals surface area contributed by atoms with Crippen LogP contribution in [-0.2, 0) is 17.6 Å². The van der Waals surface area contributed by atoms with E-state index in [1.54, 1.807) is 4.90 Å². The summed E-state index contributed by atoms with van der Waals surface area (Å²) < 4.78 is 0. The summed E-state index contributed by atoms with van der Waals surface area (Å²) in [5.41, 5.74) is 3.77. The summed E-state index contributed by atoms with van der Waals surface area (Å²) in [6, 6.07) is 6.73. The van der Waals surface area contributed by atoms with Crippen LogP contribution in [0, 0.1) is 12.3 Å². The average Bonchev–Trinajstić information content (AvgIpc) is 2.86. The third-order valence-electron chi connectivity index (χ3n) is 3.99. The van der Waals surface area contributed by atoms with Crippen molar-refractivity contribution < 1.29 is 4.79 Å². The molecule has 3 nitrogen and oxygen atoms in total. The van der Waals surface area contributed by atoms with Crippen LogP contribution >= 0.6 is 0 Å². The molecule has 1 aromatic rings. The van der Waals surface area contributed by atoms with Crippen molar-refractivity contribution in [1.82, 2.24) is 10.2 Å². The second-order valence-electron chi connectivity index (χ2n) is 5.29. The standard InChI is InChI=1S/C17H22N2O/c1-4-10-18-16-9-8-14-7-6-13(11-15(14)16)12-17(20)19(3)5-2/h1,6-7,11,16,18H,5,8-10,12H2,2-3H3/t16-/m1/s1. The molecule has 0 saturated heterocycles. The summed E-state index contributed by atoms with van der Waals surface area (Å²) >= 11 is 0. The van der Waals surface area contributed by atoms with Gasteiger partial charge in [0.15, 0.2) is 0 Å². The minimum Gasteiger partial charge on any atom is -0.346 e. The van der Waals surface area contributed by atoms with Gasteiger partial charge < -0.3 is 4.90 Å². The molecular weight excluding hydrogens is 248 g/mol. The Bertz CT molecular complexity index is 530. The Morgan fingerprint density at radius 1 is 1.55 bits per heavy atom. The molecule has 1 aliphatic carbocycles. The molecule has 106 valence electrons. The number of nitrogens with zero attached hydrogens (tertiary/aromatic N) is 1. The van der Waals surface area contributed by atoms with Crippen LogP contribution in [0.1, 0.15) is 36.1 Å². The first-order valence-electron chi connectivity index (χ1n) is 7.18. The molecular formula is C17H22N2O. The summed E-state index contributed by atoms with van der Waals surface area (Å²) in [7, 11) is 1.84. The van der Waals surface area contributed by atoms with Crippen molar-refractivity contribution in [1.29, 1.82) is 0 Å². The van der Waals surface area contributed by atoms with Crippen LogP contribution in [0.5, 0.6) is 0 Å². The molecule has 1 atom stereocenters. The monoisotopic (exact) mass is 270 g/mol. The number of fused-ring (bicyclic) bond motifs is 1. The summed E-state index contributed by atoms with van der Waals surface area (Å²) in [4.78, 5) is 13.7. The molecule has 0 spiro atoms. The van der Waals surface area contributed by atoms with Gasteiger partial charge >= 0.3 is 0 Å². The summed E-state index contributed by atoms with van der Waals surface area (Å²) in [6.45, 7) is 3.32. The maximum Gasteiger partial charge on any atom is 0.226 e. The second kappa shape index (κ2) is 6.58. The maximum atomic E-state index is 12.0. The molecule has 0 radical (unpaired) electrons. The van der Waals surface area contributed by atoms with E-state index in [1.807, 2.05) is 14.0 Å². The normalized spacial score (nSPS) is 16.6. The van der Waals surface area contributed by atoms with E-state index >= 15 is 0 Å². The molecule has 0 heterocycles. The molecule has 1 N–H and O–H groups in total. The minimum atomic E-state index is 0.165. The van der Waals surface area contributed by atoms with Crippen LogP contribution < -0.4 is 5.32 Å². The van der Waals surface area contributed by atoms with E-state index in [0.717, 1.165) is 24.9 Å². The van der Waals surface area contributed by atoms with Crippen molar-refractivity contribution in [2.45, 2.75) is 32.2 Å². The van der Waals surface area contributed by atoms with E-state index < -0.39 is 0 Å². The zero-order valence-corrected chi connectivity index (χ0v) is 12.3. The predicted octanol–water partition coefficient (Wildman–Crippen LogP) is 1.92. The highest BCUT2D eigenvalue weighted by atomic mass is 16.2. The van der Waals surface area contributed by atoms with E-state index in [9.17, 15) is 4.79 Å². The van der Waals surface area contributed by atoms with Crippen LogP contribution in [0.25, 0.3) is 0 Å². The van der Waals surface area contributed by atoms with Crippen LogP contribution in [0.15, 0.2) is 18.2 Å². The summed E-state index contributed by atoms with van der Waals surface area (Å²) in [5.74, 6) is 2.79. The number of terminal acetylenes is 1. The van der Waals surface area contributed by atoms with E-state index in [-0.39, 0.29) is 5.91 Å². The fourth-order valence-electron chi connectivity index (χ4n) is 2.64. The molecule has 0 saturated carbocycles. The molecule has 0 fully saturated rings. The van der Waals surface area contributed by atoms with Gasteiger partial charge in [-0.1, -0.05) is 24.1 Å². The molecule has 3 heteroatoms. The number of carbonyl (C=O) groups is 1. The van der Waals surface area contributed by atoms with E-state index in [0.29, 0.717) is 19.0 Å². The van der Waals surface area contributed by atoms with Crippen molar-refractivity contribution in [2.24, 2.45) is 0 Å². The molecule has 2 rings (SSSR count). The van der Waals surface area contributed by atoms with Gasteiger partial charge in [0.2, 0.25) is 5.91 Å². The Kier molecular flexibility index (Phi) is 4.81. The third kappa shape index (κ3) is 3.20. The Labute approximate surface area is 121 Å².